The first-order valence-corrected chi connectivity index (χ1v) is 6.21. The Bertz CT molecular complexity index is 462. The summed E-state index contributed by atoms with van der Waals surface area (Å²) in [6, 6.07) is 7.61. The predicted molar refractivity (Wildman–Crippen MR) is 77.3 cm³/mol. The smallest absolute Gasteiger partial charge is 0.101 e. The Hall–Kier alpha value is -1.69. The standard InChI is InChI=1S/C15H23N3/c1-14(2,3)10-15(4,5)18-12-8-6-7-11(9-16)13(12)17/h6-8,18H,10,17H2,1-5H3. The molecule has 1 aromatic rings. The summed E-state index contributed by atoms with van der Waals surface area (Å²) in [7, 11) is 0. The zero-order valence-corrected chi connectivity index (χ0v) is 12.0. The number of benzene rings is 1. The fourth-order valence-corrected chi connectivity index (χ4v) is 2.51. The zero-order chi connectivity index (χ0) is 14.0. The summed E-state index contributed by atoms with van der Waals surface area (Å²) in [6.45, 7) is 10.9. The number of nitrogens with one attached hydrogen (secondary N) is 1. The monoisotopic (exact) mass is 245 g/mol. The number of rotatable bonds is 3. The Morgan fingerprint density at radius 2 is 1.83 bits per heavy atom. The van der Waals surface area contributed by atoms with Gasteiger partial charge < -0.3 is 11.1 Å². The summed E-state index contributed by atoms with van der Waals surface area (Å²) in [4.78, 5) is 0. The molecule has 0 bridgehead atoms. The van der Waals surface area contributed by atoms with Gasteiger partial charge in [-0.3, -0.25) is 0 Å². The van der Waals surface area contributed by atoms with E-state index in [2.05, 4.69) is 46.0 Å². The second kappa shape index (κ2) is 4.89. The molecule has 3 nitrogen and oxygen atoms in total. The van der Waals surface area contributed by atoms with Gasteiger partial charge in [0, 0.05) is 5.54 Å². The van der Waals surface area contributed by atoms with Crippen molar-refractivity contribution in [2.24, 2.45) is 5.41 Å². The molecule has 0 atom stereocenters. The topological polar surface area (TPSA) is 61.8 Å². The van der Waals surface area contributed by atoms with Gasteiger partial charge in [0.1, 0.15) is 6.07 Å². The highest BCUT2D eigenvalue weighted by atomic mass is 15.0. The van der Waals surface area contributed by atoms with E-state index in [-0.39, 0.29) is 11.0 Å². The first-order valence-electron chi connectivity index (χ1n) is 6.21. The van der Waals surface area contributed by atoms with E-state index in [1.807, 2.05) is 12.1 Å². The minimum absolute atomic E-state index is 0.0690. The molecule has 0 aromatic heterocycles. The highest BCUT2D eigenvalue weighted by Crippen LogP contribution is 2.32. The van der Waals surface area contributed by atoms with E-state index in [0.717, 1.165) is 12.1 Å². The third kappa shape index (κ3) is 3.96. The van der Waals surface area contributed by atoms with Crippen molar-refractivity contribution in [3.05, 3.63) is 23.8 Å². The van der Waals surface area contributed by atoms with E-state index in [0.29, 0.717) is 11.3 Å². The van der Waals surface area contributed by atoms with Crippen LogP contribution >= 0.6 is 0 Å². The fraction of sp³-hybridized carbons (Fsp3) is 0.533. The van der Waals surface area contributed by atoms with E-state index < -0.39 is 0 Å². The van der Waals surface area contributed by atoms with Crippen LogP contribution in [0.1, 0.15) is 46.6 Å². The van der Waals surface area contributed by atoms with Crippen molar-refractivity contribution in [1.82, 2.24) is 0 Å². The van der Waals surface area contributed by atoms with Crippen LogP contribution < -0.4 is 11.1 Å². The molecular weight excluding hydrogens is 222 g/mol. The van der Waals surface area contributed by atoms with Crippen LogP contribution in [0.3, 0.4) is 0 Å². The second-order valence-electron chi connectivity index (χ2n) is 6.62. The number of para-hydroxylation sites is 1. The molecule has 1 aromatic carbocycles. The molecule has 0 saturated heterocycles. The van der Waals surface area contributed by atoms with Crippen LogP contribution in [0.4, 0.5) is 11.4 Å². The molecule has 0 saturated carbocycles. The first kappa shape index (κ1) is 14.4. The number of nitrogens with two attached hydrogens (primary N) is 1. The lowest BCUT2D eigenvalue weighted by atomic mass is 9.81. The highest BCUT2D eigenvalue weighted by molar-refractivity contribution is 5.73. The van der Waals surface area contributed by atoms with Crippen LogP contribution in [-0.2, 0) is 0 Å². The average Bonchev–Trinajstić information content (AvgIpc) is 2.17. The maximum Gasteiger partial charge on any atom is 0.101 e. The SMILES string of the molecule is CC(C)(C)CC(C)(C)Nc1cccc(C#N)c1N. The van der Waals surface area contributed by atoms with Crippen molar-refractivity contribution in [2.75, 3.05) is 11.1 Å². The molecule has 0 amide bonds. The van der Waals surface area contributed by atoms with Crippen LogP contribution in [0.5, 0.6) is 0 Å². The lowest BCUT2D eigenvalue weighted by Gasteiger charge is -2.34. The number of anilines is 2. The third-order valence-electron chi connectivity index (χ3n) is 2.67. The van der Waals surface area contributed by atoms with Gasteiger partial charge >= 0.3 is 0 Å². The minimum Gasteiger partial charge on any atom is -0.396 e. The number of hydrogen-bond acceptors (Lipinski definition) is 3. The molecule has 3 N–H and O–H groups in total. The van der Waals surface area contributed by atoms with Crippen LogP contribution in [0.2, 0.25) is 0 Å². The molecule has 3 heteroatoms. The normalized spacial score (nSPS) is 12.0. The quantitative estimate of drug-likeness (QED) is 0.797. The van der Waals surface area contributed by atoms with E-state index in [4.69, 9.17) is 11.0 Å². The van der Waals surface area contributed by atoms with Gasteiger partial charge in [0.05, 0.1) is 16.9 Å². The maximum absolute atomic E-state index is 8.97. The molecule has 0 unspecified atom stereocenters. The van der Waals surface area contributed by atoms with Gasteiger partial charge in [-0.05, 0) is 37.8 Å². The predicted octanol–water partition coefficient (Wildman–Crippen LogP) is 3.77. The zero-order valence-electron chi connectivity index (χ0n) is 12.0. The molecule has 0 heterocycles. The van der Waals surface area contributed by atoms with E-state index in [9.17, 15) is 0 Å². The van der Waals surface area contributed by atoms with Gasteiger partial charge in [-0.1, -0.05) is 26.8 Å². The van der Waals surface area contributed by atoms with E-state index in [1.165, 1.54) is 0 Å². The molecule has 1 rings (SSSR count). The molecule has 0 spiro atoms. The Kier molecular flexibility index (Phi) is 3.91. The molecule has 0 radical (unpaired) electrons. The average molecular weight is 245 g/mol. The van der Waals surface area contributed by atoms with Crippen molar-refractivity contribution in [2.45, 2.75) is 46.6 Å². The van der Waals surface area contributed by atoms with Crippen LogP contribution in [0.25, 0.3) is 0 Å². The summed E-state index contributed by atoms with van der Waals surface area (Å²) in [5.41, 5.74) is 8.03. The van der Waals surface area contributed by atoms with Crippen molar-refractivity contribution in [1.29, 1.82) is 5.26 Å². The molecule has 0 fully saturated rings. The summed E-state index contributed by atoms with van der Waals surface area (Å²) < 4.78 is 0. The number of nitrogen functional groups attached to an aromatic ring is 1. The lowest BCUT2D eigenvalue weighted by molar-refractivity contribution is 0.302. The van der Waals surface area contributed by atoms with Gasteiger partial charge in [0.25, 0.3) is 0 Å². The van der Waals surface area contributed by atoms with E-state index >= 15 is 0 Å². The van der Waals surface area contributed by atoms with Gasteiger partial charge in [0.15, 0.2) is 0 Å². The molecular formula is C15H23N3. The molecule has 0 aliphatic rings. The minimum atomic E-state index is -0.0690. The fourth-order valence-electron chi connectivity index (χ4n) is 2.51. The van der Waals surface area contributed by atoms with Crippen molar-refractivity contribution in [3.8, 4) is 6.07 Å². The highest BCUT2D eigenvalue weighted by Gasteiger charge is 2.25. The lowest BCUT2D eigenvalue weighted by Crippen LogP contribution is -2.35. The molecule has 0 aliphatic carbocycles. The molecule has 98 valence electrons. The largest absolute Gasteiger partial charge is 0.396 e. The molecule has 0 aliphatic heterocycles. The maximum atomic E-state index is 8.97. The Morgan fingerprint density at radius 3 is 2.33 bits per heavy atom. The third-order valence-corrected chi connectivity index (χ3v) is 2.67. The van der Waals surface area contributed by atoms with Crippen LogP contribution in [0.15, 0.2) is 18.2 Å². The Morgan fingerprint density at radius 1 is 1.22 bits per heavy atom. The van der Waals surface area contributed by atoms with E-state index in [1.54, 1.807) is 6.07 Å². The molecule has 18 heavy (non-hydrogen) atoms. The van der Waals surface area contributed by atoms with Crippen molar-refractivity contribution >= 4 is 11.4 Å². The Balaban J connectivity index is 2.95. The summed E-state index contributed by atoms with van der Waals surface area (Å²) in [5, 5.41) is 12.4. The van der Waals surface area contributed by atoms with Crippen molar-refractivity contribution < 1.29 is 0 Å². The summed E-state index contributed by atoms with van der Waals surface area (Å²) in [6.07, 6.45) is 1.01. The van der Waals surface area contributed by atoms with Gasteiger partial charge in [-0.25, -0.2) is 0 Å². The Labute approximate surface area is 110 Å². The van der Waals surface area contributed by atoms with Crippen molar-refractivity contribution in [3.63, 3.8) is 0 Å². The number of hydrogen-bond donors (Lipinski definition) is 2. The van der Waals surface area contributed by atoms with Crippen LogP contribution in [-0.4, -0.2) is 5.54 Å². The summed E-state index contributed by atoms with van der Waals surface area (Å²) >= 11 is 0. The summed E-state index contributed by atoms with van der Waals surface area (Å²) in [5.74, 6) is 0. The second-order valence-corrected chi connectivity index (χ2v) is 6.62. The van der Waals surface area contributed by atoms with Gasteiger partial charge in [0.2, 0.25) is 0 Å². The van der Waals surface area contributed by atoms with Gasteiger partial charge in [-0.2, -0.15) is 5.26 Å². The first-order chi connectivity index (χ1) is 8.14. The number of nitrogens with zero attached hydrogens (tertiary/aromatic N) is 1. The number of nitriles is 1. The van der Waals surface area contributed by atoms with Crippen LogP contribution in [0, 0.1) is 16.7 Å². The van der Waals surface area contributed by atoms with Gasteiger partial charge in [-0.15, -0.1) is 0 Å².